The van der Waals surface area contributed by atoms with Crippen LogP contribution in [0, 0.1) is 24.0 Å². The number of nitrogens with zero attached hydrogens (tertiary/aromatic N) is 1. The first kappa shape index (κ1) is 14.3. The van der Waals surface area contributed by atoms with E-state index in [0.717, 1.165) is 12.1 Å². The maximum absolute atomic E-state index is 10.7. The highest BCUT2D eigenvalue weighted by Crippen LogP contribution is 2.28. The molecule has 5 heteroatoms. The van der Waals surface area contributed by atoms with Gasteiger partial charge >= 0.3 is 5.88 Å². The SMILES string of the molecule is CCNC(c1ccc(C)c(C)c1)c1ccc([N+](=O)[O-])o1. The van der Waals surface area contributed by atoms with Crippen LogP contribution >= 0.6 is 0 Å². The summed E-state index contributed by atoms with van der Waals surface area (Å²) in [6.45, 7) is 6.84. The van der Waals surface area contributed by atoms with Crippen molar-refractivity contribution in [1.82, 2.24) is 5.32 Å². The molecule has 0 spiro atoms. The Bertz CT molecular complexity index is 619. The molecule has 2 aromatic rings. The zero-order valence-corrected chi connectivity index (χ0v) is 11.8. The molecule has 1 unspecified atom stereocenters. The largest absolute Gasteiger partial charge is 0.433 e. The van der Waals surface area contributed by atoms with Gasteiger partial charge in [-0.15, -0.1) is 0 Å². The van der Waals surface area contributed by atoms with Crippen LogP contribution in [0.1, 0.15) is 35.4 Å². The highest BCUT2D eigenvalue weighted by molar-refractivity contribution is 5.35. The zero-order valence-electron chi connectivity index (χ0n) is 11.8. The minimum absolute atomic E-state index is 0.173. The van der Waals surface area contributed by atoms with Gasteiger partial charge in [0.15, 0.2) is 0 Å². The molecule has 0 amide bonds. The van der Waals surface area contributed by atoms with Crippen molar-refractivity contribution in [2.24, 2.45) is 0 Å². The normalized spacial score (nSPS) is 12.3. The second kappa shape index (κ2) is 5.88. The third-order valence-electron chi connectivity index (χ3n) is 3.35. The van der Waals surface area contributed by atoms with Gasteiger partial charge in [-0.05, 0) is 43.1 Å². The van der Waals surface area contributed by atoms with Crippen LogP contribution in [0.5, 0.6) is 0 Å². The van der Waals surface area contributed by atoms with Gasteiger partial charge in [-0.1, -0.05) is 25.1 Å². The number of nitro groups is 1. The molecule has 1 atom stereocenters. The number of rotatable bonds is 5. The summed E-state index contributed by atoms with van der Waals surface area (Å²) in [4.78, 5) is 10.2. The van der Waals surface area contributed by atoms with E-state index in [4.69, 9.17) is 4.42 Å². The van der Waals surface area contributed by atoms with E-state index in [9.17, 15) is 10.1 Å². The lowest BCUT2D eigenvalue weighted by atomic mass is 9.99. The van der Waals surface area contributed by atoms with Crippen molar-refractivity contribution in [2.75, 3.05) is 6.54 Å². The summed E-state index contributed by atoms with van der Waals surface area (Å²) in [6.07, 6.45) is 0. The van der Waals surface area contributed by atoms with Crippen LogP contribution in [0.3, 0.4) is 0 Å². The number of aryl methyl sites for hydroxylation is 2. The molecule has 0 aliphatic carbocycles. The van der Waals surface area contributed by atoms with Crippen molar-refractivity contribution in [3.63, 3.8) is 0 Å². The topological polar surface area (TPSA) is 68.3 Å². The van der Waals surface area contributed by atoms with E-state index in [0.29, 0.717) is 5.76 Å². The first-order valence-corrected chi connectivity index (χ1v) is 6.57. The van der Waals surface area contributed by atoms with Gasteiger partial charge in [-0.25, -0.2) is 0 Å². The average molecular weight is 274 g/mol. The molecule has 0 bridgehead atoms. The van der Waals surface area contributed by atoms with E-state index in [1.54, 1.807) is 6.07 Å². The molecule has 0 aliphatic rings. The number of benzene rings is 1. The Morgan fingerprint density at radius 2 is 2.00 bits per heavy atom. The highest BCUT2D eigenvalue weighted by atomic mass is 16.6. The molecule has 1 aromatic carbocycles. The molecule has 106 valence electrons. The molecular formula is C15H18N2O3. The van der Waals surface area contributed by atoms with Crippen molar-refractivity contribution < 1.29 is 9.34 Å². The summed E-state index contributed by atoms with van der Waals surface area (Å²) in [5, 5.41) is 14.0. The van der Waals surface area contributed by atoms with E-state index >= 15 is 0 Å². The Morgan fingerprint density at radius 1 is 1.25 bits per heavy atom. The maximum atomic E-state index is 10.7. The van der Waals surface area contributed by atoms with E-state index in [-0.39, 0.29) is 11.9 Å². The lowest BCUT2D eigenvalue weighted by molar-refractivity contribution is -0.402. The smallest absolute Gasteiger partial charge is 0.404 e. The minimum Gasteiger partial charge on any atom is -0.404 e. The van der Waals surface area contributed by atoms with Crippen LogP contribution in [-0.2, 0) is 0 Å². The maximum Gasteiger partial charge on any atom is 0.433 e. The monoisotopic (exact) mass is 274 g/mol. The average Bonchev–Trinajstić information content (AvgIpc) is 2.89. The van der Waals surface area contributed by atoms with Crippen molar-refractivity contribution in [3.8, 4) is 0 Å². The van der Waals surface area contributed by atoms with E-state index in [1.165, 1.54) is 17.2 Å². The van der Waals surface area contributed by atoms with E-state index < -0.39 is 4.92 Å². The van der Waals surface area contributed by atoms with E-state index in [1.807, 2.05) is 26.0 Å². The molecule has 1 N–H and O–H groups in total. The van der Waals surface area contributed by atoms with Crippen LogP contribution in [0.15, 0.2) is 34.7 Å². The summed E-state index contributed by atoms with van der Waals surface area (Å²) >= 11 is 0. The molecule has 5 nitrogen and oxygen atoms in total. The summed E-state index contributed by atoms with van der Waals surface area (Å²) in [5.41, 5.74) is 3.44. The molecule has 0 saturated heterocycles. The second-order valence-electron chi connectivity index (χ2n) is 4.77. The Balaban J connectivity index is 2.38. The van der Waals surface area contributed by atoms with Crippen LogP contribution in [0.2, 0.25) is 0 Å². The lowest BCUT2D eigenvalue weighted by Crippen LogP contribution is -2.21. The quantitative estimate of drug-likeness (QED) is 0.669. The van der Waals surface area contributed by atoms with Gasteiger partial charge in [0, 0.05) is 0 Å². The third-order valence-corrected chi connectivity index (χ3v) is 3.35. The van der Waals surface area contributed by atoms with Gasteiger partial charge in [0.2, 0.25) is 0 Å². The molecule has 0 fully saturated rings. The van der Waals surface area contributed by atoms with Crippen molar-refractivity contribution in [1.29, 1.82) is 0 Å². The first-order valence-electron chi connectivity index (χ1n) is 6.57. The zero-order chi connectivity index (χ0) is 14.7. The van der Waals surface area contributed by atoms with Crippen molar-refractivity contribution >= 4 is 5.88 Å². The molecule has 2 rings (SSSR count). The molecule has 0 radical (unpaired) electrons. The Kier molecular flexibility index (Phi) is 4.20. The van der Waals surface area contributed by atoms with Crippen LogP contribution in [0.4, 0.5) is 5.88 Å². The molecular weight excluding hydrogens is 256 g/mol. The first-order chi connectivity index (χ1) is 9.52. The molecule has 1 heterocycles. The predicted molar refractivity (Wildman–Crippen MR) is 76.8 cm³/mol. The third kappa shape index (κ3) is 2.88. The summed E-state index contributed by atoms with van der Waals surface area (Å²) in [7, 11) is 0. The number of hydrogen-bond donors (Lipinski definition) is 1. The fraction of sp³-hybridized carbons (Fsp3) is 0.333. The molecule has 0 saturated carbocycles. The molecule has 1 aromatic heterocycles. The number of nitrogens with one attached hydrogen (secondary N) is 1. The highest BCUT2D eigenvalue weighted by Gasteiger charge is 2.21. The Labute approximate surface area is 117 Å². The fourth-order valence-corrected chi connectivity index (χ4v) is 2.13. The van der Waals surface area contributed by atoms with Gasteiger partial charge in [0.05, 0.1) is 12.1 Å². The number of hydrogen-bond acceptors (Lipinski definition) is 4. The van der Waals surface area contributed by atoms with E-state index in [2.05, 4.69) is 18.3 Å². The van der Waals surface area contributed by atoms with Gasteiger partial charge in [-0.2, -0.15) is 0 Å². The Morgan fingerprint density at radius 3 is 2.55 bits per heavy atom. The standard InChI is InChI=1S/C15H18N2O3/c1-4-16-15(12-6-5-10(2)11(3)9-12)13-7-8-14(20-13)17(18)19/h5-9,15-16H,4H2,1-3H3. The van der Waals surface area contributed by atoms with Crippen LogP contribution in [0.25, 0.3) is 0 Å². The fourth-order valence-electron chi connectivity index (χ4n) is 2.13. The van der Waals surface area contributed by atoms with Crippen molar-refractivity contribution in [2.45, 2.75) is 26.8 Å². The minimum atomic E-state index is -0.521. The predicted octanol–water partition coefficient (Wildman–Crippen LogP) is 3.50. The van der Waals surface area contributed by atoms with Gasteiger partial charge in [0.25, 0.3) is 0 Å². The summed E-state index contributed by atoms with van der Waals surface area (Å²) in [6, 6.07) is 9.02. The summed E-state index contributed by atoms with van der Waals surface area (Å²) in [5.74, 6) is 0.327. The Hall–Kier alpha value is -2.14. The van der Waals surface area contributed by atoms with Crippen LogP contribution in [-0.4, -0.2) is 11.5 Å². The van der Waals surface area contributed by atoms with Gasteiger partial charge in [-0.3, -0.25) is 10.1 Å². The van der Waals surface area contributed by atoms with Gasteiger partial charge < -0.3 is 9.73 Å². The lowest BCUT2D eigenvalue weighted by Gasteiger charge is -2.17. The second-order valence-corrected chi connectivity index (χ2v) is 4.77. The van der Waals surface area contributed by atoms with Crippen LogP contribution < -0.4 is 5.32 Å². The van der Waals surface area contributed by atoms with Gasteiger partial charge in [0.1, 0.15) is 10.7 Å². The van der Waals surface area contributed by atoms with Crippen molar-refractivity contribution in [3.05, 3.63) is 62.9 Å². The number of furan rings is 1. The molecule has 0 aliphatic heterocycles. The molecule has 20 heavy (non-hydrogen) atoms. The summed E-state index contributed by atoms with van der Waals surface area (Å²) < 4.78 is 5.32.